The number of aromatic nitrogens is 2. The highest BCUT2D eigenvalue weighted by Crippen LogP contribution is 2.43. The molecule has 2 saturated heterocycles. The molecular formula is C15H16ClN3O2. The molecule has 2 aliphatic rings. The summed E-state index contributed by atoms with van der Waals surface area (Å²) in [4.78, 5) is 4.49. The molecule has 2 aliphatic heterocycles. The van der Waals surface area contributed by atoms with Gasteiger partial charge in [0.25, 0.3) is 0 Å². The maximum atomic E-state index is 6.19. The minimum Gasteiger partial charge on any atom is -0.374 e. The van der Waals surface area contributed by atoms with E-state index in [2.05, 4.69) is 10.1 Å². The molecule has 1 aromatic carbocycles. The number of nitrogens with zero attached hydrogens (tertiary/aromatic N) is 2. The van der Waals surface area contributed by atoms with Gasteiger partial charge in [0.1, 0.15) is 6.04 Å². The summed E-state index contributed by atoms with van der Waals surface area (Å²) in [5, 5.41) is 4.71. The summed E-state index contributed by atoms with van der Waals surface area (Å²) < 4.78 is 11.2. The summed E-state index contributed by atoms with van der Waals surface area (Å²) in [5.41, 5.74) is 6.98. The largest absolute Gasteiger partial charge is 0.374 e. The number of ether oxygens (including phenoxy) is 1. The first-order chi connectivity index (χ1) is 10.2. The number of rotatable bonds is 3. The van der Waals surface area contributed by atoms with Gasteiger partial charge in [-0.05, 0) is 30.9 Å². The van der Waals surface area contributed by atoms with E-state index in [9.17, 15) is 0 Å². The van der Waals surface area contributed by atoms with E-state index in [-0.39, 0.29) is 12.0 Å². The molecule has 2 N–H and O–H groups in total. The maximum absolute atomic E-state index is 6.19. The Morgan fingerprint density at radius 1 is 1.29 bits per heavy atom. The lowest BCUT2D eigenvalue weighted by molar-refractivity contribution is 0.0996. The molecule has 0 radical (unpaired) electrons. The van der Waals surface area contributed by atoms with Crippen LogP contribution in [0.2, 0.25) is 5.02 Å². The van der Waals surface area contributed by atoms with Crippen LogP contribution in [0.4, 0.5) is 0 Å². The third-order valence-electron chi connectivity index (χ3n) is 4.40. The van der Waals surface area contributed by atoms with Gasteiger partial charge in [-0.15, -0.1) is 0 Å². The van der Waals surface area contributed by atoms with Crippen LogP contribution in [-0.4, -0.2) is 22.3 Å². The van der Waals surface area contributed by atoms with Crippen LogP contribution in [0.3, 0.4) is 0 Å². The Balaban J connectivity index is 1.58. The van der Waals surface area contributed by atoms with Gasteiger partial charge in [0, 0.05) is 5.02 Å². The second kappa shape index (κ2) is 5.09. The summed E-state index contributed by atoms with van der Waals surface area (Å²) in [6, 6.07) is 6.93. The molecule has 0 saturated carbocycles. The van der Waals surface area contributed by atoms with Crippen molar-refractivity contribution < 1.29 is 9.26 Å². The average Bonchev–Trinajstić information content (AvgIpc) is 3.22. The van der Waals surface area contributed by atoms with E-state index in [1.807, 2.05) is 18.2 Å². The van der Waals surface area contributed by atoms with E-state index in [1.165, 1.54) is 0 Å². The number of hydrogen-bond acceptors (Lipinski definition) is 5. The first-order valence-electron chi connectivity index (χ1n) is 7.21. The van der Waals surface area contributed by atoms with E-state index < -0.39 is 6.04 Å². The first kappa shape index (κ1) is 13.2. The number of benzene rings is 1. The Labute approximate surface area is 127 Å². The van der Waals surface area contributed by atoms with Crippen molar-refractivity contribution in [2.75, 3.05) is 0 Å². The van der Waals surface area contributed by atoms with Crippen molar-refractivity contribution in [2.24, 2.45) is 5.73 Å². The molecule has 0 amide bonds. The fraction of sp³-hybridized carbons (Fsp3) is 0.467. The maximum Gasteiger partial charge on any atom is 0.248 e. The number of fused-ring (bicyclic) bond motifs is 2. The Morgan fingerprint density at radius 2 is 2.14 bits per heavy atom. The van der Waals surface area contributed by atoms with Crippen LogP contribution in [0.15, 0.2) is 28.8 Å². The van der Waals surface area contributed by atoms with Crippen LogP contribution in [0.5, 0.6) is 0 Å². The summed E-state index contributed by atoms with van der Waals surface area (Å²) in [7, 11) is 0. The Morgan fingerprint density at radius 3 is 2.86 bits per heavy atom. The summed E-state index contributed by atoms with van der Waals surface area (Å²) >= 11 is 6.16. The molecule has 3 heterocycles. The highest BCUT2D eigenvalue weighted by Gasteiger charge is 2.43. The minimum atomic E-state index is -0.501. The lowest BCUT2D eigenvalue weighted by Crippen LogP contribution is -2.16. The first-order valence-corrected chi connectivity index (χ1v) is 7.59. The molecule has 0 spiro atoms. The molecule has 2 fully saturated rings. The fourth-order valence-electron chi connectivity index (χ4n) is 3.29. The quantitative estimate of drug-likeness (QED) is 0.944. The summed E-state index contributed by atoms with van der Waals surface area (Å²) in [5.74, 6) is 1.35. The van der Waals surface area contributed by atoms with Crippen LogP contribution in [-0.2, 0) is 4.74 Å². The molecule has 6 heteroatoms. The monoisotopic (exact) mass is 305 g/mol. The molecule has 21 heavy (non-hydrogen) atoms. The van der Waals surface area contributed by atoms with Crippen LogP contribution < -0.4 is 5.73 Å². The fourth-order valence-corrected chi connectivity index (χ4v) is 3.55. The second-order valence-corrected chi connectivity index (χ2v) is 6.11. The molecule has 4 atom stereocenters. The van der Waals surface area contributed by atoms with Crippen LogP contribution in [0, 0.1) is 0 Å². The zero-order chi connectivity index (χ0) is 14.4. The average molecular weight is 306 g/mol. The van der Waals surface area contributed by atoms with Gasteiger partial charge >= 0.3 is 0 Å². The predicted octanol–water partition coefficient (Wildman–Crippen LogP) is 2.81. The Hall–Kier alpha value is -1.43. The minimum absolute atomic E-state index is 0.233. The lowest BCUT2D eigenvalue weighted by Gasteiger charge is -2.14. The predicted molar refractivity (Wildman–Crippen MR) is 77.0 cm³/mol. The van der Waals surface area contributed by atoms with Crippen molar-refractivity contribution in [2.45, 2.75) is 43.4 Å². The van der Waals surface area contributed by atoms with Crippen molar-refractivity contribution in [1.29, 1.82) is 0 Å². The van der Waals surface area contributed by atoms with Gasteiger partial charge in [0.15, 0.2) is 5.82 Å². The highest BCUT2D eigenvalue weighted by atomic mass is 35.5. The Bertz CT molecular complexity index is 660. The number of halogens is 1. The normalized spacial score (nSPS) is 29.0. The highest BCUT2D eigenvalue weighted by molar-refractivity contribution is 6.31. The lowest BCUT2D eigenvalue weighted by atomic mass is 9.89. The molecule has 110 valence electrons. The third-order valence-corrected chi connectivity index (χ3v) is 4.75. The van der Waals surface area contributed by atoms with E-state index in [0.29, 0.717) is 22.8 Å². The molecule has 3 unspecified atom stereocenters. The topological polar surface area (TPSA) is 74.2 Å². The van der Waals surface area contributed by atoms with Gasteiger partial charge in [0.05, 0.1) is 18.1 Å². The molecular weight excluding hydrogens is 290 g/mol. The third kappa shape index (κ3) is 2.25. The molecule has 0 aliphatic carbocycles. The van der Waals surface area contributed by atoms with E-state index in [0.717, 1.165) is 24.8 Å². The van der Waals surface area contributed by atoms with E-state index in [1.54, 1.807) is 6.07 Å². The standard InChI is InChI=1S/C15H16ClN3O2/c16-11-4-2-1-3-9(11)13(17)15-18-14(19-21-15)10-7-8-5-6-12(10)20-8/h1-4,8,10,12-13H,5-7,17H2/t8?,10?,12?,13-/m1/s1. The molecule has 2 bridgehead atoms. The molecule has 2 aromatic rings. The van der Waals surface area contributed by atoms with E-state index in [4.69, 9.17) is 26.6 Å². The van der Waals surface area contributed by atoms with Crippen molar-refractivity contribution in [1.82, 2.24) is 10.1 Å². The zero-order valence-electron chi connectivity index (χ0n) is 11.4. The molecule has 1 aromatic heterocycles. The number of hydrogen-bond donors (Lipinski definition) is 1. The smallest absolute Gasteiger partial charge is 0.248 e. The SMILES string of the molecule is N[C@@H](c1nc(C2CC3CCC2O3)no1)c1ccccc1Cl. The van der Waals surface area contributed by atoms with Crippen LogP contribution in [0.25, 0.3) is 0 Å². The van der Waals surface area contributed by atoms with E-state index >= 15 is 0 Å². The van der Waals surface area contributed by atoms with Gasteiger partial charge in [-0.2, -0.15) is 4.98 Å². The van der Waals surface area contributed by atoms with Gasteiger partial charge in [0.2, 0.25) is 5.89 Å². The molecule has 4 rings (SSSR count). The second-order valence-electron chi connectivity index (χ2n) is 5.71. The van der Waals surface area contributed by atoms with Gasteiger partial charge < -0.3 is 15.0 Å². The van der Waals surface area contributed by atoms with Gasteiger partial charge in [-0.25, -0.2) is 0 Å². The van der Waals surface area contributed by atoms with Crippen LogP contribution >= 0.6 is 11.6 Å². The summed E-state index contributed by atoms with van der Waals surface area (Å²) in [6.07, 6.45) is 3.79. The Kier molecular flexibility index (Phi) is 3.21. The van der Waals surface area contributed by atoms with Gasteiger partial charge in [-0.3, -0.25) is 0 Å². The summed E-state index contributed by atoms with van der Waals surface area (Å²) in [6.45, 7) is 0. The van der Waals surface area contributed by atoms with Crippen molar-refractivity contribution >= 4 is 11.6 Å². The van der Waals surface area contributed by atoms with Crippen molar-refractivity contribution in [3.8, 4) is 0 Å². The number of nitrogens with two attached hydrogens (primary N) is 1. The van der Waals surface area contributed by atoms with Crippen molar-refractivity contribution in [3.05, 3.63) is 46.6 Å². The van der Waals surface area contributed by atoms with Crippen molar-refractivity contribution in [3.63, 3.8) is 0 Å². The zero-order valence-corrected chi connectivity index (χ0v) is 12.2. The van der Waals surface area contributed by atoms with Crippen LogP contribution in [0.1, 0.15) is 48.5 Å². The van der Waals surface area contributed by atoms with Gasteiger partial charge in [-0.1, -0.05) is 35.0 Å². The molecule has 5 nitrogen and oxygen atoms in total.